The predicted octanol–water partition coefficient (Wildman–Crippen LogP) is 2.44. The van der Waals surface area contributed by atoms with Crippen molar-refractivity contribution in [3.05, 3.63) is 33.3 Å². The summed E-state index contributed by atoms with van der Waals surface area (Å²) in [5.74, 6) is 0. The molecule has 1 fully saturated rings. The van der Waals surface area contributed by atoms with Gasteiger partial charge in [0.2, 0.25) is 0 Å². The number of hydrazine groups is 1. The number of ether oxygens (including phenoxy) is 1. The Bertz CT molecular complexity index is 356. The van der Waals surface area contributed by atoms with Crippen LogP contribution in [0.15, 0.2) is 22.7 Å². The van der Waals surface area contributed by atoms with E-state index in [1.54, 1.807) is 0 Å². The SMILES string of the molecule is Clc1ccc(CNN2CCOCC2)c(Br)c1. The fourth-order valence-corrected chi connectivity index (χ4v) is 2.41. The summed E-state index contributed by atoms with van der Waals surface area (Å²) in [6, 6.07) is 5.85. The lowest BCUT2D eigenvalue weighted by Gasteiger charge is -2.27. The highest BCUT2D eigenvalue weighted by Crippen LogP contribution is 2.21. The van der Waals surface area contributed by atoms with Crippen molar-refractivity contribution in [2.24, 2.45) is 0 Å². The van der Waals surface area contributed by atoms with E-state index in [2.05, 4.69) is 26.4 Å². The van der Waals surface area contributed by atoms with Crippen LogP contribution in [0.2, 0.25) is 5.02 Å². The standard InChI is InChI=1S/C11H14BrClN2O/c12-11-7-10(13)2-1-9(11)8-14-15-3-5-16-6-4-15/h1-2,7,14H,3-6,8H2. The molecule has 1 aromatic rings. The van der Waals surface area contributed by atoms with Crippen molar-refractivity contribution < 1.29 is 4.74 Å². The minimum atomic E-state index is 0.752. The molecule has 0 atom stereocenters. The van der Waals surface area contributed by atoms with Crippen LogP contribution in [0.3, 0.4) is 0 Å². The number of hydrogen-bond acceptors (Lipinski definition) is 3. The first-order valence-electron chi connectivity index (χ1n) is 5.26. The highest BCUT2D eigenvalue weighted by atomic mass is 79.9. The number of nitrogens with zero attached hydrogens (tertiary/aromatic N) is 1. The summed E-state index contributed by atoms with van der Waals surface area (Å²) in [6.07, 6.45) is 0. The molecule has 0 aliphatic carbocycles. The van der Waals surface area contributed by atoms with Gasteiger partial charge in [0, 0.05) is 29.1 Å². The minimum absolute atomic E-state index is 0.752. The van der Waals surface area contributed by atoms with Gasteiger partial charge in [-0.15, -0.1) is 0 Å². The summed E-state index contributed by atoms with van der Waals surface area (Å²) >= 11 is 9.39. The maximum Gasteiger partial charge on any atom is 0.0608 e. The van der Waals surface area contributed by atoms with Crippen molar-refractivity contribution in [2.45, 2.75) is 6.54 Å². The van der Waals surface area contributed by atoms with Crippen LogP contribution in [-0.4, -0.2) is 31.3 Å². The molecule has 5 heteroatoms. The van der Waals surface area contributed by atoms with Crippen molar-refractivity contribution in [1.82, 2.24) is 10.4 Å². The van der Waals surface area contributed by atoms with Gasteiger partial charge < -0.3 is 4.74 Å². The molecular formula is C11H14BrClN2O. The van der Waals surface area contributed by atoms with E-state index in [4.69, 9.17) is 16.3 Å². The lowest BCUT2D eigenvalue weighted by atomic mass is 10.2. The highest BCUT2D eigenvalue weighted by Gasteiger charge is 2.10. The summed E-state index contributed by atoms with van der Waals surface area (Å²) < 4.78 is 6.33. The zero-order valence-corrected chi connectivity index (χ0v) is 11.2. The van der Waals surface area contributed by atoms with E-state index < -0.39 is 0 Å². The van der Waals surface area contributed by atoms with Gasteiger partial charge in [0.15, 0.2) is 0 Å². The molecule has 1 aromatic carbocycles. The van der Waals surface area contributed by atoms with Gasteiger partial charge in [-0.25, -0.2) is 5.01 Å². The largest absolute Gasteiger partial charge is 0.379 e. The summed E-state index contributed by atoms with van der Waals surface area (Å²) in [5, 5.41) is 2.94. The average molecular weight is 306 g/mol. The second kappa shape index (κ2) is 5.98. The Morgan fingerprint density at radius 1 is 1.38 bits per heavy atom. The van der Waals surface area contributed by atoms with Crippen LogP contribution in [0, 0.1) is 0 Å². The summed E-state index contributed by atoms with van der Waals surface area (Å²) in [7, 11) is 0. The number of hydrogen-bond donors (Lipinski definition) is 1. The normalized spacial score (nSPS) is 17.6. The van der Waals surface area contributed by atoms with Gasteiger partial charge in [0.1, 0.15) is 0 Å². The molecule has 2 rings (SSSR count). The zero-order chi connectivity index (χ0) is 11.4. The van der Waals surface area contributed by atoms with Gasteiger partial charge in [0.05, 0.1) is 13.2 Å². The van der Waals surface area contributed by atoms with Gasteiger partial charge in [-0.3, -0.25) is 5.43 Å². The molecule has 0 unspecified atom stereocenters. The van der Waals surface area contributed by atoms with Gasteiger partial charge in [-0.05, 0) is 17.7 Å². The van der Waals surface area contributed by atoms with E-state index in [-0.39, 0.29) is 0 Å². The molecule has 0 aromatic heterocycles. The maximum atomic E-state index is 5.89. The lowest BCUT2D eigenvalue weighted by molar-refractivity contribution is 0.0105. The van der Waals surface area contributed by atoms with Crippen LogP contribution in [0.25, 0.3) is 0 Å². The fourth-order valence-electron chi connectivity index (χ4n) is 1.58. The smallest absolute Gasteiger partial charge is 0.0608 e. The van der Waals surface area contributed by atoms with Crippen LogP contribution >= 0.6 is 27.5 Å². The summed E-state index contributed by atoms with van der Waals surface area (Å²) in [6.45, 7) is 4.28. The van der Waals surface area contributed by atoms with E-state index in [9.17, 15) is 0 Å². The Kier molecular flexibility index (Phi) is 4.61. The van der Waals surface area contributed by atoms with E-state index in [0.29, 0.717) is 0 Å². The molecule has 1 saturated heterocycles. The summed E-state index contributed by atoms with van der Waals surface area (Å²) in [5.41, 5.74) is 4.58. The molecular weight excluding hydrogens is 291 g/mol. The molecule has 1 aliphatic rings. The second-order valence-corrected chi connectivity index (χ2v) is 4.96. The summed E-state index contributed by atoms with van der Waals surface area (Å²) in [4.78, 5) is 0. The van der Waals surface area contributed by atoms with Gasteiger partial charge in [-0.1, -0.05) is 33.6 Å². The monoisotopic (exact) mass is 304 g/mol. The zero-order valence-electron chi connectivity index (χ0n) is 8.88. The molecule has 1 N–H and O–H groups in total. The number of rotatable bonds is 3. The first-order chi connectivity index (χ1) is 7.75. The quantitative estimate of drug-likeness (QED) is 0.928. The van der Waals surface area contributed by atoms with Crippen molar-refractivity contribution in [3.63, 3.8) is 0 Å². The maximum absolute atomic E-state index is 5.89. The number of benzene rings is 1. The fraction of sp³-hybridized carbons (Fsp3) is 0.455. The predicted molar refractivity (Wildman–Crippen MR) is 68.4 cm³/mol. The first kappa shape index (κ1) is 12.3. The van der Waals surface area contributed by atoms with Crippen LogP contribution in [0.5, 0.6) is 0 Å². The molecule has 0 amide bonds. The van der Waals surface area contributed by atoms with Gasteiger partial charge >= 0.3 is 0 Å². The third kappa shape index (κ3) is 3.43. The Morgan fingerprint density at radius 2 is 2.12 bits per heavy atom. The molecule has 88 valence electrons. The molecule has 0 radical (unpaired) electrons. The number of morpholine rings is 1. The molecule has 1 heterocycles. The Hall–Kier alpha value is -0.130. The van der Waals surface area contributed by atoms with Crippen molar-refractivity contribution in [1.29, 1.82) is 0 Å². The van der Waals surface area contributed by atoms with Crippen molar-refractivity contribution >= 4 is 27.5 Å². The molecule has 1 aliphatic heterocycles. The Labute approximate surface area is 109 Å². The third-order valence-electron chi connectivity index (χ3n) is 2.52. The Morgan fingerprint density at radius 3 is 2.81 bits per heavy atom. The van der Waals surface area contributed by atoms with Crippen LogP contribution in [0.4, 0.5) is 0 Å². The van der Waals surface area contributed by atoms with E-state index in [1.165, 1.54) is 5.56 Å². The third-order valence-corrected chi connectivity index (χ3v) is 3.49. The van der Waals surface area contributed by atoms with Crippen LogP contribution in [-0.2, 0) is 11.3 Å². The van der Waals surface area contributed by atoms with Crippen LogP contribution < -0.4 is 5.43 Å². The molecule has 0 saturated carbocycles. The second-order valence-electron chi connectivity index (χ2n) is 3.67. The van der Waals surface area contributed by atoms with E-state index in [0.717, 1.165) is 42.3 Å². The first-order valence-corrected chi connectivity index (χ1v) is 6.43. The Balaban J connectivity index is 1.88. The topological polar surface area (TPSA) is 24.5 Å². The van der Waals surface area contributed by atoms with Crippen LogP contribution in [0.1, 0.15) is 5.56 Å². The number of halogens is 2. The van der Waals surface area contributed by atoms with Gasteiger partial charge in [-0.2, -0.15) is 0 Å². The van der Waals surface area contributed by atoms with Crippen molar-refractivity contribution in [3.8, 4) is 0 Å². The molecule has 0 bridgehead atoms. The van der Waals surface area contributed by atoms with E-state index >= 15 is 0 Å². The van der Waals surface area contributed by atoms with E-state index in [1.807, 2.05) is 18.2 Å². The highest BCUT2D eigenvalue weighted by molar-refractivity contribution is 9.10. The lowest BCUT2D eigenvalue weighted by Crippen LogP contribution is -2.45. The molecule has 16 heavy (non-hydrogen) atoms. The minimum Gasteiger partial charge on any atom is -0.379 e. The number of nitrogens with one attached hydrogen (secondary N) is 1. The van der Waals surface area contributed by atoms with Crippen molar-refractivity contribution in [2.75, 3.05) is 26.3 Å². The molecule has 0 spiro atoms. The van der Waals surface area contributed by atoms with Gasteiger partial charge in [0.25, 0.3) is 0 Å². The average Bonchev–Trinajstić information content (AvgIpc) is 2.29. The molecule has 3 nitrogen and oxygen atoms in total.